The van der Waals surface area contributed by atoms with Gasteiger partial charge in [-0.15, -0.1) is 0 Å². The normalized spacial score (nSPS) is 17.4. The molecule has 7 rings (SSSR count). The minimum atomic E-state index is -0.316. The van der Waals surface area contributed by atoms with Crippen LogP contribution in [0.1, 0.15) is 46.8 Å². The minimum Gasteiger partial charge on any atom is -0.493 e. The second-order valence-corrected chi connectivity index (χ2v) is 11.0. The Morgan fingerprint density at radius 1 is 0.956 bits per heavy atom. The molecule has 4 aromatic rings. The zero-order chi connectivity index (χ0) is 31.2. The van der Waals surface area contributed by atoms with E-state index in [1.165, 1.54) is 4.90 Å². The van der Waals surface area contributed by atoms with Crippen LogP contribution in [0.25, 0.3) is 11.3 Å². The summed E-state index contributed by atoms with van der Waals surface area (Å²) in [5.74, 6) is 0.879. The minimum absolute atomic E-state index is 0.0807. The molecular weight excluding hydrogens is 574 g/mol. The van der Waals surface area contributed by atoms with Crippen molar-refractivity contribution in [3.63, 3.8) is 0 Å². The average Bonchev–Trinajstić information content (AvgIpc) is 3.56. The number of fused-ring (bicyclic) bond motifs is 12. The molecule has 1 unspecified atom stereocenters. The summed E-state index contributed by atoms with van der Waals surface area (Å²) in [6.45, 7) is 1.06. The highest BCUT2D eigenvalue weighted by atomic mass is 16.5. The molecule has 0 aliphatic carbocycles. The Hall–Kier alpha value is -5.32. The second-order valence-electron chi connectivity index (χ2n) is 11.0. The summed E-state index contributed by atoms with van der Waals surface area (Å²) in [4.78, 5) is 40.6. The molecule has 45 heavy (non-hydrogen) atoms. The van der Waals surface area contributed by atoms with Crippen LogP contribution in [0.15, 0.2) is 72.8 Å². The summed E-state index contributed by atoms with van der Waals surface area (Å²) in [6, 6.07) is 22.6. The van der Waals surface area contributed by atoms with E-state index in [2.05, 4.69) is 20.8 Å². The number of rotatable bonds is 3. The lowest BCUT2D eigenvalue weighted by molar-refractivity contribution is -0.122. The van der Waals surface area contributed by atoms with Crippen LogP contribution in [0.2, 0.25) is 0 Å². The standard InChI is InChI=1S/C34H35N5O6/c1-43-30-12-9-23-17-31(30)45-15-6-5-14-39(34(42)29-20-27(37-38-29)22-7-3-2-4-8-22)21-33(41)35-13-16-44-24-10-11-25-26(23)19-32(40)36-28(25)18-24/h2-4,7-12,17-18,20,26H,5-6,13-16,19,21H2,1H3,(H,35,41)(H,36,40)(H,37,38). The first-order chi connectivity index (χ1) is 22.0. The maximum absolute atomic E-state index is 13.5. The number of nitrogens with one attached hydrogen (secondary N) is 3. The van der Waals surface area contributed by atoms with Gasteiger partial charge in [-0.1, -0.05) is 42.5 Å². The van der Waals surface area contributed by atoms with Crippen molar-refractivity contribution in [2.45, 2.75) is 25.2 Å². The number of ether oxygens (including phenoxy) is 3. The number of H-pyrrole nitrogens is 1. The first-order valence-corrected chi connectivity index (χ1v) is 15.0. The smallest absolute Gasteiger partial charge is 0.272 e. The Balaban J connectivity index is 1.22. The molecule has 1 aromatic heterocycles. The van der Waals surface area contributed by atoms with Crippen LogP contribution < -0.4 is 24.8 Å². The molecule has 3 aromatic carbocycles. The summed E-state index contributed by atoms with van der Waals surface area (Å²) < 4.78 is 17.6. The van der Waals surface area contributed by atoms with E-state index in [9.17, 15) is 14.4 Å². The van der Waals surface area contributed by atoms with Crippen LogP contribution >= 0.6 is 0 Å². The van der Waals surface area contributed by atoms with Gasteiger partial charge in [0.05, 0.1) is 32.5 Å². The number of nitrogens with zero attached hydrogens (tertiary/aromatic N) is 2. The van der Waals surface area contributed by atoms with Crippen molar-refractivity contribution >= 4 is 23.4 Å². The lowest BCUT2D eigenvalue weighted by Crippen LogP contribution is -2.42. The van der Waals surface area contributed by atoms with Crippen LogP contribution in [-0.4, -0.2) is 72.8 Å². The third-order valence-corrected chi connectivity index (χ3v) is 7.93. The summed E-state index contributed by atoms with van der Waals surface area (Å²) >= 11 is 0. The predicted octanol–water partition coefficient (Wildman–Crippen LogP) is 4.37. The molecule has 6 bridgehead atoms. The van der Waals surface area contributed by atoms with Gasteiger partial charge in [-0.05, 0) is 48.2 Å². The number of carbonyl (C=O) groups is 3. The summed E-state index contributed by atoms with van der Waals surface area (Å²) in [5.41, 5.74) is 4.46. The number of hydrogen-bond acceptors (Lipinski definition) is 7. The van der Waals surface area contributed by atoms with Crippen molar-refractivity contribution in [2.24, 2.45) is 0 Å². The molecule has 0 fully saturated rings. The monoisotopic (exact) mass is 609 g/mol. The first kappa shape index (κ1) is 29.7. The molecular formula is C34H35N5O6. The molecule has 3 aliphatic heterocycles. The van der Waals surface area contributed by atoms with Crippen molar-refractivity contribution < 1.29 is 28.6 Å². The van der Waals surface area contributed by atoms with Gasteiger partial charge in [-0.2, -0.15) is 5.10 Å². The fraction of sp³-hybridized carbons (Fsp3) is 0.294. The summed E-state index contributed by atoms with van der Waals surface area (Å²) in [5, 5.41) is 12.9. The van der Waals surface area contributed by atoms with Gasteiger partial charge in [-0.25, -0.2) is 0 Å². The Labute approximate surface area is 260 Å². The lowest BCUT2D eigenvalue weighted by Gasteiger charge is -2.27. The Kier molecular flexibility index (Phi) is 8.95. The van der Waals surface area contributed by atoms with Crippen LogP contribution in [0.4, 0.5) is 5.69 Å². The van der Waals surface area contributed by atoms with Crippen molar-refractivity contribution in [3.8, 4) is 28.5 Å². The van der Waals surface area contributed by atoms with Crippen LogP contribution in [-0.2, 0) is 9.59 Å². The van der Waals surface area contributed by atoms with Gasteiger partial charge in [0.2, 0.25) is 11.8 Å². The topological polar surface area (TPSA) is 135 Å². The summed E-state index contributed by atoms with van der Waals surface area (Å²) in [7, 11) is 1.59. The van der Waals surface area contributed by atoms with Crippen molar-refractivity contribution in [2.75, 3.05) is 45.3 Å². The molecule has 232 valence electrons. The number of benzene rings is 3. The fourth-order valence-electron chi connectivity index (χ4n) is 5.64. The Morgan fingerprint density at radius 3 is 2.67 bits per heavy atom. The van der Waals surface area contributed by atoms with E-state index in [0.29, 0.717) is 66.7 Å². The zero-order valence-corrected chi connectivity index (χ0v) is 25.0. The molecule has 0 saturated carbocycles. The molecule has 1 atom stereocenters. The molecule has 3 N–H and O–H groups in total. The molecule has 4 heterocycles. The van der Waals surface area contributed by atoms with Gasteiger partial charge in [0, 0.05) is 36.2 Å². The highest BCUT2D eigenvalue weighted by Gasteiger charge is 2.28. The van der Waals surface area contributed by atoms with E-state index in [4.69, 9.17) is 14.2 Å². The van der Waals surface area contributed by atoms with E-state index in [-0.39, 0.29) is 43.3 Å². The number of amides is 3. The third-order valence-electron chi connectivity index (χ3n) is 7.93. The van der Waals surface area contributed by atoms with Gasteiger partial charge in [0.15, 0.2) is 11.5 Å². The highest BCUT2D eigenvalue weighted by molar-refractivity contribution is 5.96. The molecule has 3 amide bonds. The van der Waals surface area contributed by atoms with Crippen molar-refractivity contribution in [3.05, 3.63) is 89.6 Å². The predicted molar refractivity (Wildman–Crippen MR) is 168 cm³/mol. The molecule has 11 heteroatoms. The third kappa shape index (κ3) is 6.93. The van der Waals surface area contributed by atoms with E-state index in [1.807, 2.05) is 60.7 Å². The second kappa shape index (κ2) is 13.5. The molecule has 0 saturated heterocycles. The van der Waals surface area contributed by atoms with E-state index in [1.54, 1.807) is 19.2 Å². The number of anilines is 1. The Bertz CT molecular complexity index is 1690. The van der Waals surface area contributed by atoms with Crippen molar-refractivity contribution in [1.82, 2.24) is 20.4 Å². The number of hydrogen-bond donors (Lipinski definition) is 3. The molecule has 0 radical (unpaired) electrons. The van der Waals surface area contributed by atoms with E-state index in [0.717, 1.165) is 16.7 Å². The zero-order valence-electron chi connectivity index (χ0n) is 25.0. The number of aromatic amines is 1. The number of carbonyl (C=O) groups excluding carboxylic acids is 3. The quantitative estimate of drug-likeness (QED) is 0.294. The maximum Gasteiger partial charge on any atom is 0.272 e. The highest BCUT2D eigenvalue weighted by Crippen LogP contribution is 2.41. The SMILES string of the molecule is COc1ccc2cc1OCCCCN(C(=O)c1cc(-c3ccccc3)n[nH]1)CC(=O)NCCOc1ccc3c(c1)NC(=O)CC23. The van der Waals surface area contributed by atoms with Gasteiger partial charge < -0.3 is 29.7 Å². The number of methoxy groups -OCH3 is 1. The van der Waals surface area contributed by atoms with E-state index >= 15 is 0 Å². The van der Waals surface area contributed by atoms with Crippen LogP contribution in [0.3, 0.4) is 0 Å². The van der Waals surface area contributed by atoms with Gasteiger partial charge in [0.25, 0.3) is 5.91 Å². The van der Waals surface area contributed by atoms with Crippen LogP contribution in [0, 0.1) is 0 Å². The Morgan fingerprint density at radius 2 is 1.82 bits per heavy atom. The van der Waals surface area contributed by atoms with E-state index < -0.39 is 0 Å². The van der Waals surface area contributed by atoms with Gasteiger partial charge in [-0.3, -0.25) is 19.5 Å². The molecule has 11 nitrogen and oxygen atoms in total. The molecule has 3 aliphatic rings. The summed E-state index contributed by atoms with van der Waals surface area (Å²) in [6.07, 6.45) is 1.53. The molecule has 0 spiro atoms. The largest absolute Gasteiger partial charge is 0.493 e. The first-order valence-electron chi connectivity index (χ1n) is 15.0. The maximum atomic E-state index is 13.5. The van der Waals surface area contributed by atoms with Crippen molar-refractivity contribution in [1.29, 1.82) is 0 Å². The van der Waals surface area contributed by atoms with Gasteiger partial charge in [0.1, 0.15) is 18.1 Å². The van der Waals surface area contributed by atoms with Gasteiger partial charge >= 0.3 is 0 Å². The lowest BCUT2D eigenvalue weighted by atomic mass is 9.84. The van der Waals surface area contributed by atoms with Crippen LogP contribution in [0.5, 0.6) is 17.2 Å². The number of aromatic nitrogens is 2. The average molecular weight is 610 g/mol. The fourth-order valence-corrected chi connectivity index (χ4v) is 5.64.